The van der Waals surface area contributed by atoms with Crippen LogP contribution in [0.3, 0.4) is 0 Å². The van der Waals surface area contributed by atoms with Gasteiger partial charge in [0.2, 0.25) is 11.6 Å². The molecule has 138 valence electrons. The number of ether oxygens (including phenoxy) is 2. The maximum atomic E-state index is 12.8. The summed E-state index contributed by atoms with van der Waals surface area (Å²) in [6.07, 6.45) is -3.32. The van der Waals surface area contributed by atoms with E-state index < -0.39 is 35.3 Å². The molecule has 1 aromatic carbocycles. The Labute approximate surface area is 154 Å². The molecule has 1 fully saturated rings. The van der Waals surface area contributed by atoms with Crippen molar-refractivity contribution in [3.05, 3.63) is 65.1 Å². The van der Waals surface area contributed by atoms with Crippen molar-refractivity contribution >= 4 is 23.3 Å². The van der Waals surface area contributed by atoms with E-state index in [1.807, 2.05) is 0 Å². The molecule has 0 amide bonds. The Kier molecular flexibility index (Phi) is 3.78. The lowest BCUT2D eigenvalue weighted by Gasteiger charge is -2.22. The smallest absolute Gasteiger partial charge is 0.362 e. The van der Waals surface area contributed by atoms with E-state index in [1.54, 1.807) is 37.3 Å². The van der Waals surface area contributed by atoms with Gasteiger partial charge in [-0.3, -0.25) is 9.59 Å². The first-order chi connectivity index (χ1) is 12.9. The van der Waals surface area contributed by atoms with Crippen LogP contribution in [0.4, 0.5) is 0 Å². The van der Waals surface area contributed by atoms with Crippen molar-refractivity contribution in [2.75, 3.05) is 0 Å². The number of furan rings is 1. The maximum Gasteiger partial charge on any atom is 0.362 e. The van der Waals surface area contributed by atoms with Gasteiger partial charge in [0.1, 0.15) is 5.76 Å². The van der Waals surface area contributed by atoms with Crippen LogP contribution in [0.1, 0.15) is 28.8 Å². The second kappa shape index (κ2) is 5.92. The fourth-order valence-corrected chi connectivity index (χ4v) is 3.35. The minimum atomic E-state index is -2.30. The van der Waals surface area contributed by atoms with Crippen molar-refractivity contribution in [3.8, 4) is 0 Å². The molecule has 3 heterocycles. The van der Waals surface area contributed by atoms with Crippen LogP contribution in [0.25, 0.3) is 5.76 Å². The number of ketones is 2. The summed E-state index contributed by atoms with van der Waals surface area (Å²) in [6, 6.07) is 11.4. The molecule has 7 nitrogen and oxygen atoms in total. The highest BCUT2D eigenvalue weighted by molar-refractivity contribution is 6.23. The third kappa shape index (κ3) is 2.35. The number of carbonyl (C=O) groups excluding carboxylic acids is 3. The van der Waals surface area contributed by atoms with Gasteiger partial charge in [-0.1, -0.05) is 30.3 Å². The Balaban J connectivity index is 1.69. The molecule has 1 N–H and O–H groups in total. The Morgan fingerprint density at radius 2 is 1.78 bits per heavy atom. The zero-order valence-corrected chi connectivity index (χ0v) is 14.6. The Morgan fingerprint density at radius 3 is 2.41 bits per heavy atom. The number of benzene rings is 1. The van der Waals surface area contributed by atoms with Gasteiger partial charge in [0.15, 0.2) is 23.7 Å². The summed E-state index contributed by atoms with van der Waals surface area (Å²) in [4.78, 5) is 38.1. The molecule has 0 radical (unpaired) electrons. The monoisotopic (exact) mass is 368 g/mol. The molecule has 2 aliphatic heterocycles. The summed E-state index contributed by atoms with van der Waals surface area (Å²) in [5.41, 5.74) is -1.92. The van der Waals surface area contributed by atoms with E-state index in [2.05, 4.69) is 0 Å². The number of Topliss-reactive ketones (excluding diaryl/α,β-unsaturated/α-hetero) is 2. The van der Waals surface area contributed by atoms with Gasteiger partial charge >= 0.3 is 5.97 Å². The molecule has 27 heavy (non-hydrogen) atoms. The minimum absolute atomic E-state index is 0.0527. The number of aliphatic hydroxyl groups excluding tert-OH is 1. The molecule has 4 rings (SSSR count). The standard InChI is InChI=1S/C20H16O7/c1-10-8-9-13(25-10)15-11(2)17(22)20(27-15)18(23)16(26-19(20)24)14(21)12-6-4-3-5-7-12/h3-9,16,18,23H,1-2H3/t16-,18-,20-/m0/s1. The van der Waals surface area contributed by atoms with Gasteiger partial charge in [0.25, 0.3) is 5.60 Å². The van der Waals surface area contributed by atoms with Gasteiger partial charge in [-0.25, -0.2) is 4.79 Å². The van der Waals surface area contributed by atoms with E-state index in [0.717, 1.165) is 0 Å². The van der Waals surface area contributed by atoms with Crippen molar-refractivity contribution in [1.29, 1.82) is 0 Å². The Hall–Kier alpha value is -3.19. The number of aryl methyl sites for hydroxylation is 1. The number of esters is 1. The van der Waals surface area contributed by atoms with Crippen molar-refractivity contribution in [2.24, 2.45) is 0 Å². The average molecular weight is 368 g/mol. The number of carbonyl (C=O) groups is 3. The summed E-state index contributed by atoms with van der Waals surface area (Å²) in [6.45, 7) is 3.19. The van der Waals surface area contributed by atoms with Gasteiger partial charge in [0.05, 0.1) is 0 Å². The summed E-state index contributed by atoms with van der Waals surface area (Å²) in [5, 5.41) is 10.7. The summed E-state index contributed by atoms with van der Waals surface area (Å²) < 4.78 is 16.2. The van der Waals surface area contributed by atoms with Gasteiger partial charge in [-0.2, -0.15) is 0 Å². The van der Waals surface area contributed by atoms with E-state index in [1.165, 1.54) is 19.1 Å². The SMILES string of the molecule is CC1=C(c2ccc(C)o2)O[C@@]2(C(=O)O[C@@H](C(=O)c3ccccc3)[C@@H]2O)C1=O. The highest BCUT2D eigenvalue weighted by Crippen LogP contribution is 2.44. The zero-order valence-electron chi connectivity index (χ0n) is 14.6. The van der Waals surface area contributed by atoms with E-state index in [9.17, 15) is 19.5 Å². The summed E-state index contributed by atoms with van der Waals surface area (Å²) in [7, 11) is 0. The molecule has 0 saturated carbocycles. The quantitative estimate of drug-likeness (QED) is 0.501. The Morgan fingerprint density at radius 1 is 1.07 bits per heavy atom. The lowest BCUT2D eigenvalue weighted by atomic mass is 9.87. The number of hydrogen-bond acceptors (Lipinski definition) is 7. The molecule has 0 unspecified atom stereocenters. The third-order valence-corrected chi connectivity index (χ3v) is 4.80. The molecule has 0 bridgehead atoms. The van der Waals surface area contributed by atoms with E-state index in [-0.39, 0.29) is 22.7 Å². The van der Waals surface area contributed by atoms with Crippen molar-refractivity contribution < 1.29 is 33.4 Å². The van der Waals surface area contributed by atoms with Crippen LogP contribution in [0.2, 0.25) is 0 Å². The lowest BCUT2D eigenvalue weighted by Crippen LogP contribution is -2.53. The van der Waals surface area contributed by atoms with Crippen molar-refractivity contribution in [1.82, 2.24) is 0 Å². The largest absolute Gasteiger partial charge is 0.460 e. The van der Waals surface area contributed by atoms with E-state index in [0.29, 0.717) is 5.76 Å². The number of hydrogen-bond donors (Lipinski definition) is 1. The van der Waals surface area contributed by atoms with Crippen LogP contribution in [0.15, 0.2) is 52.5 Å². The minimum Gasteiger partial charge on any atom is -0.460 e. The normalized spacial score (nSPS) is 27.2. The van der Waals surface area contributed by atoms with Crippen LogP contribution in [-0.2, 0) is 19.1 Å². The topological polar surface area (TPSA) is 103 Å². The highest BCUT2D eigenvalue weighted by Gasteiger charge is 2.69. The Bertz CT molecular complexity index is 985. The molecule has 1 aromatic heterocycles. The fraction of sp³-hybridized carbons (Fsp3) is 0.250. The van der Waals surface area contributed by atoms with Gasteiger partial charge in [0, 0.05) is 11.1 Å². The van der Waals surface area contributed by atoms with Gasteiger partial charge in [-0.15, -0.1) is 0 Å². The first-order valence-corrected chi connectivity index (χ1v) is 8.36. The molecule has 1 spiro atoms. The van der Waals surface area contributed by atoms with Crippen LogP contribution < -0.4 is 0 Å². The molecular weight excluding hydrogens is 352 g/mol. The second-order valence-corrected chi connectivity index (χ2v) is 6.53. The third-order valence-electron chi connectivity index (χ3n) is 4.80. The first-order valence-electron chi connectivity index (χ1n) is 8.36. The average Bonchev–Trinajstić information content (AvgIpc) is 3.29. The highest BCUT2D eigenvalue weighted by atomic mass is 16.6. The molecule has 7 heteroatoms. The van der Waals surface area contributed by atoms with Crippen LogP contribution in [0, 0.1) is 6.92 Å². The van der Waals surface area contributed by atoms with Crippen molar-refractivity contribution in [2.45, 2.75) is 31.7 Å². The molecule has 1 saturated heterocycles. The number of cyclic esters (lactones) is 1. The zero-order chi connectivity index (χ0) is 19.3. The van der Waals surface area contributed by atoms with Gasteiger partial charge < -0.3 is 19.0 Å². The predicted octanol–water partition coefficient (Wildman–Crippen LogP) is 1.83. The molecule has 0 aliphatic carbocycles. The van der Waals surface area contributed by atoms with Crippen LogP contribution in [-0.4, -0.2) is 40.5 Å². The predicted molar refractivity (Wildman–Crippen MR) is 91.5 cm³/mol. The van der Waals surface area contributed by atoms with Crippen LogP contribution in [0.5, 0.6) is 0 Å². The fourth-order valence-electron chi connectivity index (χ4n) is 3.35. The number of aliphatic hydroxyl groups is 1. The second-order valence-electron chi connectivity index (χ2n) is 6.53. The van der Waals surface area contributed by atoms with Crippen LogP contribution >= 0.6 is 0 Å². The molecular formula is C20H16O7. The van der Waals surface area contributed by atoms with E-state index >= 15 is 0 Å². The number of rotatable bonds is 3. The van der Waals surface area contributed by atoms with Crippen molar-refractivity contribution in [3.63, 3.8) is 0 Å². The molecule has 2 aliphatic rings. The van der Waals surface area contributed by atoms with E-state index in [4.69, 9.17) is 13.9 Å². The van der Waals surface area contributed by atoms with Gasteiger partial charge in [-0.05, 0) is 26.0 Å². The molecule has 3 atom stereocenters. The lowest BCUT2D eigenvalue weighted by molar-refractivity contribution is -0.159. The molecule has 2 aromatic rings. The summed E-state index contributed by atoms with van der Waals surface area (Å²) in [5.74, 6) is -1.54. The first kappa shape index (κ1) is 17.2. The maximum absolute atomic E-state index is 12.8. The summed E-state index contributed by atoms with van der Waals surface area (Å²) >= 11 is 0.